The maximum absolute atomic E-state index is 5.69. The van der Waals surface area contributed by atoms with Crippen LogP contribution >= 0.6 is 23.4 Å². The van der Waals surface area contributed by atoms with Crippen LogP contribution in [0.1, 0.15) is 6.42 Å². The summed E-state index contributed by atoms with van der Waals surface area (Å²) in [7, 11) is 6.06. The van der Waals surface area contributed by atoms with Gasteiger partial charge in [-0.05, 0) is 18.6 Å². The zero-order chi connectivity index (χ0) is 14.5. The molecule has 6 heteroatoms. The normalized spacial score (nSPS) is 10.8. The van der Waals surface area contributed by atoms with Gasteiger partial charge in [-0.25, -0.2) is 0 Å². The molecule has 0 amide bonds. The molecule has 2 aromatic rings. The van der Waals surface area contributed by atoms with Crippen molar-refractivity contribution in [3.63, 3.8) is 0 Å². The Kier molecular flexibility index (Phi) is 5.31. The molecule has 108 valence electrons. The monoisotopic (exact) mass is 310 g/mol. The Morgan fingerprint density at radius 2 is 2.10 bits per heavy atom. The van der Waals surface area contributed by atoms with Crippen LogP contribution in [0.25, 0.3) is 11.4 Å². The minimum absolute atomic E-state index is 0.683. The Morgan fingerprint density at radius 1 is 1.30 bits per heavy atom. The Morgan fingerprint density at radius 3 is 2.80 bits per heavy atom. The fourth-order valence-electron chi connectivity index (χ4n) is 1.83. The summed E-state index contributed by atoms with van der Waals surface area (Å²) in [6.45, 7) is 0. The smallest absolute Gasteiger partial charge is 0.191 e. The van der Waals surface area contributed by atoms with Gasteiger partial charge in [0.2, 0.25) is 0 Å². The molecule has 0 atom stereocenters. The molecule has 2 rings (SSSR count). The van der Waals surface area contributed by atoms with E-state index in [1.807, 2.05) is 31.8 Å². The molecule has 0 aliphatic rings. The summed E-state index contributed by atoms with van der Waals surface area (Å²) in [5, 5.41) is 9.49. The lowest BCUT2D eigenvalue weighted by molar-refractivity contribution is 0.793. The minimum Gasteiger partial charge on any atom is -0.378 e. The molecule has 0 spiro atoms. The van der Waals surface area contributed by atoms with Gasteiger partial charge in [-0.1, -0.05) is 23.9 Å². The minimum atomic E-state index is 0.683. The highest BCUT2D eigenvalue weighted by atomic mass is 35.5. The number of alkyl halides is 1. The number of anilines is 1. The second-order valence-corrected chi connectivity index (χ2v) is 6.14. The average Bonchev–Trinajstić information content (AvgIpc) is 2.81. The number of benzene rings is 1. The molecule has 0 saturated carbocycles. The molecule has 4 nitrogen and oxygen atoms in total. The van der Waals surface area contributed by atoms with Gasteiger partial charge in [-0.2, -0.15) is 0 Å². The third-order valence-corrected chi connectivity index (χ3v) is 4.34. The van der Waals surface area contributed by atoms with Crippen molar-refractivity contribution in [1.82, 2.24) is 14.8 Å². The van der Waals surface area contributed by atoms with E-state index in [-0.39, 0.29) is 0 Å². The summed E-state index contributed by atoms with van der Waals surface area (Å²) in [5.41, 5.74) is 2.23. The van der Waals surface area contributed by atoms with Gasteiger partial charge in [0.25, 0.3) is 0 Å². The molecular weight excluding hydrogens is 292 g/mol. The summed E-state index contributed by atoms with van der Waals surface area (Å²) in [6.07, 6.45) is 0.977. The van der Waals surface area contributed by atoms with E-state index in [1.165, 1.54) is 0 Å². The van der Waals surface area contributed by atoms with E-state index in [0.29, 0.717) is 5.88 Å². The summed E-state index contributed by atoms with van der Waals surface area (Å²) in [6, 6.07) is 8.30. The Balaban J connectivity index is 2.23. The van der Waals surface area contributed by atoms with Gasteiger partial charge in [-0.3, -0.25) is 0 Å². The van der Waals surface area contributed by atoms with E-state index >= 15 is 0 Å². The van der Waals surface area contributed by atoms with E-state index < -0.39 is 0 Å². The van der Waals surface area contributed by atoms with Gasteiger partial charge in [0.05, 0.1) is 0 Å². The fraction of sp³-hybridized carbons (Fsp3) is 0.429. The van der Waals surface area contributed by atoms with Crippen LogP contribution in [0.4, 0.5) is 5.69 Å². The van der Waals surface area contributed by atoms with Crippen LogP contribution in [-0.2, 0) is 7.05 Å². The summed E-state index contributed by atoms with van der Waals surface area (Å²) in [5.74, 6) is 2.54. The molecule has 0 aliphatic heterocycles. The van der Waals surface area contributed by atoms with Gasteiger partial charge < -0.3 is 9.47 Å². The first-order valence-electron chi connectivity index (χ1n) is 6.49. The zero-order valence-corrected chi connectivity index (χ0v) is 13.6. The van der Waals surface area contributed by atoms with E-state index in [0.717, 1.165) is 34.4 Å². The second-order valence-electron chi connectivity index (χ2n) is 4.70. The molecule has 1 aromatic carbocycles. The van der Waals surface area contributed by atoms with Crippen LogP contribution in [0.15, 0.2) is 29.4 Å². The van der Waals surface area contributed by atoms with E-state index in [1.54, 1.807) is 11.8 Å². The first-order chi connectivity index (χ1) is 9.63. The first-order valence-corrected chi connectivity index (χ1v) is 8.01. The standard InChI is InChI=1S/C14H19ClN4S/c1-18(2)12-7-4-6-11(10-12)13-16-17-14(19(13)3)20-9-5-8-15/h4,6-7,10H,5,8-9H2,1-3H3. The molecule has 0 unspecified atom stereocenters. The molecule has 0 radical (unpaired) electrons. The van der Waals surface area contributed by atoms with Gasteiger partial charge in [0, 0.05) is 44.0 Å². The number of hydrogen-bond donors (Lipinski definition) is 0. The molecule has 0 saturated heterocycles. The summed E-state index contributed by atoms with van der Waals surface area (Å²) >= 11 is 7.39. The fourth-order valence-corrected chi connectivity index (χ4v) is 2.98. The van der Waals surface area contributed by atoms with Crippen LogP contribution in [0.5, 0.6) is 0 Å². The SMILES string of the molecule is CN(C)c1cccc(-c2nnc(SCCCCl)n2C)c1. The maximum atomic E-state index is 5.69. The molecule has 0 aliphatic carbocycles. The lowest BCUT2D eigenvalue weighted by atomic mass is 10.2. The topological polar surface area (TPSA) is 34.0 Å². The highest BCUT2D eigenvalue weighted by Crippen LogP contribution is 2.25. The predicted octanol–water partition coefficient (Wildman–Crippen LogP) is 3.27. The molecule has 20 heavy (non-hydrogen) atoms. The maximum Gasteiger partial charge on any atom is 0.191 e. The van der Waals surface area contributed by atoms with Crippen molar-refractivity contribution in [2.45, 2.75) is 11.6 Å². The van der Waals surface area contributed by atoms with Crippen molar-refractivity contribution < 1.29 is 0 Å². The van der Waals surface area contributed by atoms with Crippen LogP contribution < -0.4 is 4.90 Å². The van der Waals surface area contributed by atoms with Gasteiger partial charge in [-0.15, -0.1) is 21.8 Å². The largest absolute Gasteiger partial charge is 0.378 e. The summed E-state index contributed by atoms with van der Waals surface area (Å²) in [4.78, 5) is 2.08. The number of hydrogen-bond acceptors (Lipinski definition) is 4. The lowest BCUT2D eigenvalue weighted by Crippen LogP contribution is -2.08. The average molecular weight is 311 g/mol. The second kappa shape index (κ2) is 6.99. The number of thioether (sulfide) groups is 1. The Bertz CT molecular complexity index is 568. The molecule has 1 aromatic heterocycles. The first kappa shape index (κ1) is 15.2. The van der Waals surface area contributed by atoms with Crippen molar-refractivity contribution in [2.24, 2.45) is 7.05 Å². The van der Waals surface area contributed by atoms with E-state index in [9.17, 15) is 0 Å². The van der Waals surface area contributed by atoms with Crippen LogP contribution in [0, 0.1) is 0 Å². The van der Waals surface area contributed by atoms with E-state index in [2.05, 4.69) is 33.3 Å². The predicted molar refractivity (Wildman–Crippen MR) is 86.8 cm³/mol. The van der Waals surface area contributed by atoms with Gasteiger partial charge in [0.15, 0.2) is 11.0 Å². The molecule has 1 heterocycles. The number of halogens is 1. The zero-order valence-electron chi connectivity index (χ0n) is 12.0. The van der Waals surface area contributed by atoms with Gasteiger partial charge in [0.1, 0.15) is 0 Å². The number of rotatable bonds is 6. The summed E-state index contributed by atoms with van der Waals surface area (Å²) < 4.78 is 2.04. The van der Waals surface area contributed by atoms with Gasteiger partial charge >= 0.3 is 0 Å². The van der Waals surface area contributed by atoms with Crippen molar-refractivity contribution in [1.29, 1.82) is 0 Å². The van der Waals surface area contributed by atoms with Crippen LogP contribution in [0.3, 0.4) is 0 Å². The van der Waals surface area contributed by atoms with Crippen molar-refractivity contribution in [3.8, 4) is 11.4 Å². The Hall–Kier alpha value is -1.20. The lowest BCUT2D eigenvalue weighted by Gasteiger charge is -2.13. The number of aromatic nitrogens is 3. The molecule has 0 bridgehead atoms. The van der Waals surface area contributed by atoms with Crippen molar-refractivity contribution in [2.75, 3.05) is 30.6 Å². The van der Waals surface area contributed by atoms with Crippen molar-refractivity contribution in [3.05, 3.63) is 24.3 Å². The van der Waals surface area contributed by atoms with Crippen LogP contribution in [-0.4, -0.2) is 40.5 Å². The third kappa shape index (κ3) is 3.46. The Labute approximate surface area is 129 Å². The van der Waals surface area contributed by atoms with Crippen LogP contribution in [0.2, 0.25) is 0 Å². The number of nitrogens with zero attached hydrogens (tertiary/aromatic N) is 4. The quantitative estimate of drug-likeness (QED) is 0.466. The van der Waals surface area contributed by atoms with E-state index in [4.69, 9.17) is 11.6 Å². The third-order valence-electron chi connectivity index (χ3n) is 2.96. The van der Waals surface area contributed by atoms with Crippen molar-refractivity contribution >= 4 is 29.1 Å². The molecule has 0 fully saturated rings. The molecular formula is C14H19ClN4S. The molecule has 0 N–H and O–H groups in total. The highest BCUT2D eigenvalue weighted by Gasteiger charge is 2.11. The highest BCUT2D eigenvalue weighted by molar-refractivity contribution is 7.99.